The molecule has 2 aliphatic rings. The minimum atomic E-state index is -0.248. The van der Waals surface area contributed by atoms with Crippen molar-refractivity contribution in [2.45, 2.75) is 12.5 Å². The molecule has 1 amide bonds. The Kier molecular flexibility index (Phi) is 6.43. The van der Waals surface area contributed by atoms with E-state index in [-0.39, 0.29) is 11.3 Å². The Balaban J connectivity index is 1.41. The second kappa shape index (κ2) is 10.2. The number of hydrogen-bond acceptors (Lipinski definition) is 6. The molecule has 4 aromatic rings. The molecule has 0 spiro atoms. The molecule has 1 unspecified atom stereocenters. The zero-order chi connectivity index (χ0) is 26.1. The minimum Gasteiger partial charge on any atom is -0.497 e. The van der Waals surface area contributed by atoms with Gasteiger partial charge >= 0.3 is 5.24 Å². The number of ether oxygens (including phenoxy) is 2. The van der Waals surface area contributed by atoms with Gasteiger partial charge in [-0.3, -0.25) is 4.79 Å². The Hall–Kier alpha value is -4.36. The second-order valence-corrected chi connectivity index (χ2v) is 10.0. The van der Waals surface area contributed by atoms with E-state index in [1.165, 1.54) is 5.39 Å². The zero-order valence-corrected chi connectivity index (χ0v) is 21.8. The van der Waals surface area contributed by atoms with Crippen molar-refractivity contribution in [1.29, 1.82) is 0 Å². The predicted octanol–water partition coefficient (Wildman–Crippen LogP) is 7.31. The third-order valence-electron chi connectivity index (χ3n) is 6.74. The molecule has 38 heavy (non-hydrogen) atoms. The highest BCUT2D eigenvalue weighted by Gasteiger charge is 2.37. The number of fused-ring (bicyclic) bond motifs is 1. The van der Waals surface area contributed by atoms with Gasteiger partial charge in [-0.2, -0.15) is 10.1 Å². The van der Waals surface area contributed by atoms with Crippen LogP contribution >= 0.6 is 11.8 Å². The van der Waals surface area contributed by atoms with Crippen LogP contribution in [0.3, 0.4) is 0 Å². The number of amides is 1. The molecule has 4 aromatic carbocycles. The smallest absolute Gasteiger partial charge is 0.311 e. The fourth-order valence-electron chi connectivity index (χ4n) is 4.75. The van der Waals surface area contributed by atoms with Gasteiger partial charge in [-0.05, 0) is 75.6 Å². The molecule has 0 aliphatic carbocycles. The quantitative estimate of drug-likeness (QED) is 0.277. The summed E-state index contributed by atoms with van der Waals surface area (Å²) in [6.45, 7) is 0. The molecule has 0 fully saturated rings. The van der Waals surface area contributed by atoms with Crippen LogP contribution in [0, 0.1) is 0 Å². The van der Waals surface area contributed by atoms with Crippen LogP contribution in [0.25, 0.3) is 16.8 Å². The van der Waals surface area contributed by atoms with Crippen LogP contribution in [0.5, 0.6) is 11.5 Å². The highest BCUT2D eigenvalue weighted by atomic mass is 32.2. The van der Waals surface area contributed by atoms with Gasteiger partial charge in [0.25, 0.3) is 0 Å². The summed E-state index contributed by atoms with van der Waals surface area (Å²) in [5.41, 5.74) is 4.03. The monoisotopic (exact) mass is 519 g/mol. The molecular weight excluding hydrogens is 494 g/mol. The highest BCUT2D eigenvalue weighted by Crippen LogP contribution is 2.40. The van der Waals surface area contributed by atoms with E-state index in [0.29, 0.717) is 12.3 Å². The SMILES string of the molecule is COc1ccc(/C=C2\SC(=O)N=C2N2N=C(c3ccc4ccccc4c3)CC2c2ccc(OC)cc2)cc1. The van der Waals surface area contributed by atoms with E-state index >= 15 is 0 Å². The van der Waals surface area contributed by atoms with Crippen molar-refractivity contribution in [3.8, 4) is 11.5 Å². The van der Waals surface area contributed by atoms with Gasteiger partial charge in [0.1, 0.15) is 11.5 Å². The van der Waals surface area contributed by atoms with Crippen molar-refractivity contribution in [2.75, 3.05) is 14.2 Å². The first-order valence-electron chi connectivity index (χ1n) is 12.3. The Morgan fingerprint density at radius 2 is 1.55 bits per heavy atom. The van der Waals surface area contributed by atoms with Crippen LogP contribution in [0.4, 0.5) is 4.79 Å². The van der Waals surface area contributed by atoms with Gasteiger partial charge in [0.05, 0.1) is 30.9 Å². The molecule has 6 rings (SSSR count). The summed E-state index contributed by atoms with van der Waals surface area (Å²) < 4.78 is 10.7. The summed E-state index contributed by atoms with van der Waals surface area (Å²) in [7, 11) is 3.30. The number of hydrazone groups is 1. The fourth-order valence-corrected chi connectivity index (χ4v) is 5.49. The lowest BCUT2D eigenvalue weighted by Gasteiger charge is -2.24. The molecule has 1 atom stereocenters. The second-order valence-electron chi connectivity index (χ2n) is 9.03. The average molecular weight is 520 g/mol. The molecule has 0 saturated carbocycles. The molecule has 7 heteroatoms. The maximum atomic E-state index is 12.6. The number of carbonyl (C=O) groups is 1. The van der Waals surface area contributed by atoms with Crippen LogP contribution in [0.15, 0.2) is 106 Å². The molecule has 0 radical (unpaired) electrons. The number of aliphatic imine (C=N–C) groups is 1. The Morgan fingerprint density at radius 3 is 2.26 bits per heavy atom. The van der Waals surface area contributed by atoms with Gasteiger partial charge in [-0.1, -0.05) is 60.7 Å². The van der Waals surface area contributed by atoms with Crippen molar-refractivity contribution < 1.29 is 14.3 Å². The van der Waals surface area contributed by atoms with Crippen LogP contribution in [0.2, 0.25) is 0 Å². The molecule has 2 heterocycles. The first-order valence-corrected chi connectivity index (χ1v) is 13.1. The van der Waals surface area contributed by atoms with Crippen LogP contribution in [-0.4, -0.2) is 36.0 Å². The molecule has 0 N–H and O–H groups in total. The third kappa shape index (κ3) is 4.68. The Labute approximate surface area is 225 Å². The zero-order valence-electron chi connectivity index (χ0n) is 21.0. The van der Waals surface area contributed by atoms with Gasteiger partial charge in [0.2, 0.25) is 0 Å². The van der Waals surface area contributed by atoms with Crippen LogP contribution in [0.1, 0.15) is 29.2 Å². The number of hydrogen-bond donors (Lipinski definition) is 0. The standard InChI is InChI=1S/C31H25N3O3S/c1-36-25-13-7-20(8-14-25)17-29-30(32-31(35)38-29)34-28(22-11-15-26(37-2)16-12-22)19-27(33-34)24-10-9-21-5-3-4-6-23(21)18-24/h3-18,28H,19H2,1-2H3/b29-17-. The molecule has 2 aliphatic heterocycles. The van der Waals surface area contributed by atoms with Crippen molar-refractivity contribution in [3.63, 3.8) is 0 Å². The van der Waals surface area contributed by atoms with E-state index in [1.54, 1.807) is 14.2 Å². The fraction of sp³-hybridized carbons (Fsp3) is 0.129. The van der Waals surface area contributed by atoms with Crippen molar-refractivity contribution in [3.05, 3.63) is 113 Å². The first-order chi connectivity index (χ1) is 18.6. The van der Waals surface area contributed by atoms with Crippen LogP contribution in [-0.2, 0) is 0 Å². The van der Waals surface area contributed by atoms with Gasteiger partial charge < -0.3 is 9.47 Å². The summed E-state index contributed by atoms with van der Waals surface area (Å²) in [6, 6.07) is 30.3. The highest BCUT2D eigenvalue weighted by molar-refractivity contribution is 8.18. The summed E-state index contributed by atoms with van der Waals surface area (Å²) in [5.74, 6) is 2.13. The summed E-state index contributed by atoms with van der Waals surface area (Å²) >= 11 is 1.12. The molecule has 0 saturated heterocycles. The number of nitrogens with zero attached hydrogens (tertiary/aromatic N) is 3. The number of carbonyl (C=O) groups excluding carboxylic acids is 1. The van der Waals surface area contributed by atoms with Crippen LogP contribution < -0.4 is 9.47 Å². The normalized spacial score (nSPS) is 18.2. The van der Waals surface area contributed by atoms with Gasteiger partial charge in [0, 0.05) is 6.42 Å². The van der Waals surface area contributed by atoms with Crippen molar-refractivity contribution in [1.82, 2.24) is 5.01 Å². The molecule has 188 valence electrons. The lowest BCUT2D eigenvalue weighted by Crippen LogP contribution is -2.26. The number of thioether (sulfide) groups is 1. The molecule has 0 aromatic heterocycles. The lowest BCUT2D eigenvalue weighted by atomic mass is 9.97. The minimum absolute atomic E-state index is 0.119. The largest absolute Gasteiger partial charge is 0.497 e. The third-order valence-corrected chi connectivity index (χ3v) is 7.53. The van der Waals surface area contributed by atoms with Gasteiger partial charge in [-0.15, -0.1) is 0 Å². The van der Waals surface area contributed by atoms with Gasteiger partial charge in [0.15, 0.2) is 5.84 Å². The summed E-state index contributed by atoms with van der Waals surface area (Å²) in [6.07, 6.45) is 2.65. The average Bonchev–Trinajstić information content (AvgIpc) is 3.56. The topological polar surface area (TPSA) is 63.5 Å². The Bertz CT molecular complexity index is 1610. The molecule has 0 bridgehead atoms. The van der Waals surface area contributed by atoms with E-state index in [0.717, 1.165) is 56.0 Å². The van der Waals surface area contributed by atoms with E-state index < -0.39 is 0 Å². The maximum Gasteiger partial charge on any atom is 0.311 e. The van der Waals surface area contributed by atoms with Crippen molar-refractivity contribution >= 4 is 45.4 Å². The number of amidine groups is 1. The lowest BCUT2D eigenvalue weighted by molar-refractivity contribution is 0.267. The van der Waals surface area contributed by atoms with E-state index in [2.05, 4.69) is 35.3 Å². The number of benzene rings is 4. The van der Waals surface area contributed by atoms with Gasteiger partial charge in [-0.25, -0.2) is 5.01 Å². The summed E-state index contributed by atoms with van der Waals surface area (Å²) in [4.78, 5) is 17.7. The predicted molar refractivity (Wildman–Crippen MR) is 154 cm³/mol. The van der Waals surface area contributed by atoms with Crippen molar-refractivity contribution in [2.24, 2.45) is 10.1 Å². The first kappa shape index (κ1) is 24.0. The maximum absolute atomic E-state index is 12.6. The Morgan fingerprint density at radius 1 is 0.868 bits per heavy atom. The number of methoxy groups -OCH3 is 2. The molecular formula is C31H25N3O3S. The number of rotatable bonds is 5. The molecule has 6 nitrogen and oxygen atoms in total. The summed E-state index contributed by atoms with van der Waals surface area (Å²) in [5, 5.41) is 9.07. The van der Waals surface area contributed by atoms with E-state index in [4.69, 9.17) is 14.6 Å². The van der Waals surface area contributed by atoms with E-state index in [9.17, 15) is 4.79 Å². The van der Waals surface area contributed by atoms with E-state index in [1.807, 2.05) is 71.7 Å².